The van der Waals surface area contributed by atoms with Crippen LogP contribution in [0.25, 0.3) is 0 Å². The van der Waals surface area contributed by atoms with Crippen molar-refractivity contribution < 1.29 is 4.74 Å². The number of ether oxygens (including phenoxy) is 1. The Morgan fingerprint density at radius 1 is 1.05 bits per heavy atom. The van der Waals surface area contributed by atoms with Gasteiger partial charge in [0.1, 0.15) is 16.7 Å². The minimum absolute atomic E-state index is 0.250. The first-order valence-electron chi connectivity index (χ1n) is 6.85. The molecule has 2 aliphatic rings. The molecule has 4 rings (SSSR count). The summed E-state index contributed by atoms with van der Waals surface area (Å²) in [6, 6.07) is 17.9. The first-order chi connectivity index (χ1) is 10.3. The first kappa shape index (κ1) is 12.5. The molecule has 3 nitrogen and oxygen atoms in total. The molecule has 0 saturated carbocycles. The van der Waals surface area contributed by atoms with Gasteiger partial charge in [0.25, 0.3) is 0 Å². The number of nitrogens with zero attached hydrogens (tertiary/aromatic N) is 1. The average molecular weight is 297 g/mol. The number of para-hydroxylation sites is 1. The van der Waals surface area contributed by atoms with Gasteiger partial charge in [-0.05, 0) is 11.6 Å². The van der Waals surface area contributed by atoms with Crippen molar-refractivity contribution in [3.05, 3.63) is 76.5 Å². The summed E-state index contributed by atoms with van der Waals surface area (Å²) < 4.78 is 6.02. The lowest BCUT2D eigenvalue weighted by molar-refractivity contribution is 0.203. The van der Waals surface area contributed by atoms with E-state index in [4.69, 9.17) is 16.3 Å². The Hall–Kier alpha value is -2.26. The van der Waals surface area contributed by atoms with Crippen molar-refractivity contribution >= 4 is 17.4 Å². The third kappa shape index (κ3) is 2.20. The molecule has 2 aliphatic heterocycles. The van der Waals surface area contributed by atoms with Crippen LogP contribution in [0.2, 0.25) is 0 Å². The van der Waals surface area contributed by atoms with E-state index < -0.39 is 0 Å². The van der Waals surface area contributed by atoms with Crippen LogP contribution in [0.4, 0.5) is 0 Å². The summed E-state index contributed by atoms with van der Waals surface area (Å²) in [6.07, 6.45) is 0.512. The Labute approximate surface area is 127 Å². The van der Waals surface area contributed by atoms with Crippen molar-refractivity contribution in [1.29, 1.82) is 0 Å². The van der Waals surface area contributed by atoms with Gasteiger partial charge in [0.05, 0.1) is 0 Å². The van der Waals surface area contributed by atoms with Gasteiger partial charge >= 0.3 is 0 Å². The highest BCUT2D eigenvalue weighted by Gasteiger charge is 2.30. The number of hydrogen-bond acceptors (Lipinski definition) is 3. The Morgan fingerprint density at radius 3 is 2.67 bits per heavy atom. The highest BCUT2D eigenvalue weighted by atomic mass is 35.5. The molecule has 0 bridgehead atoms. The number of benzene rings is 2. The van der Waals surface area contributed by atoms with E-state index in [0.29, 0.717) is 5.16 Å². The lowest BCUT2D eigenvalue weighted by Gasteiger charge is -2.33. The van der Waals surface area contributed by atoms with E-state index >= 15 is 0 Å². The molecule has 0 spiro atoms. The molecule has 4 heteroatoms. The Bertz CT molecular complexity index is 752. The first-order valence-corrected chi connectivity index (χ1v) is 7.23. The van der Waals surface area contributed by atoms with E-state index in [-0.39, 0.29) is 6.23 Å². The summed E-state index contributed by atoms with van der Waals surface area (Å²) in [5, 5.41) is 3.85. The fourth-order valence-electron chi connectivity index (χ4n) is 2.63. The zero-order valence-corrected chi connectivity index (χ0v) is 12.0. The third-order valence-corrected chi connectivity index (χ3v) is 4.03. The zero-order valence-electron chi connectivity index (χ0n) is 11.2. The molecule has 2 heterocycles. The minimum atomic E-state index is -0.250. The van der Waals surface area contributed by atoms with Crippen molar-refractivity contribution in [2.24, 2.45) is 4.99 Å². The summed E-state index contributed by atoms with van der Waals surface area (Å²) in [7, 11) is 0. The van der Waals surface area contributed by atoms with Gasteiger partial charge in [-0.2, -0.15) is 0 Å². The Morgan fingerprint density at radius 2 is 1.81 bits per heavy atom. The quantitative estimate of drug-likeness (QED) is 0.818. The van der Waals surface area contributed by atoms with E-state index in [1.54, 1.807) is 0 Å². The molecule has 1 atom stereocenters. The molecule has 21 heavy (non-hydrogen) atoms. The van der Waals surface area contributed by atoms with Crippen LogP contribution in [0.15, 0.2) is 70.3 Å². The SMILES string of the molecule is ClC1=C2Cc3ccccc3OC2NC(c2ccccc2)=N1. The molecule has 0 fully saturated rings. The summed E-state index contributed by atoms with van der Waals surface area (Å²) in [6.45, 7) is 0. The molecule has 104 valence electrons. The van der Waals surface area contributed by atoms with Gasteiger partial charge in [-0.1, -0.05) is 60.1 Å². The molecule has 1 unspecified atom stereocenters. The molecule has 0 radical (unpaired) electrons. The van der Waals surface area contributed by atoms with E-state index in [1.807, 2.05) is 48.5 Å². The standard InChI is InChI=1S/C17H13ClN2O/c18-15-13-10-12-8-4-5-9-14(12)21-17(13)20-16(19-15)11-6-2-1-3-7-11/h1-9,17H,10H2,(H,19,20). The van der Waals surface area contributed by atoms with Crippen LogP contribution in [0.5, 0.6) is 5.75 Å². The van der Waals surface area contributed by atoms with E-state index in [0.717, 1.165) is 34.7 Å². The van der Waals surface area contributed by atoms with Gasteiger partial charge in [-0.3, -0.25) is 0 Å². The van der Waals surface area contributed by atoms with Crippen LogP contribution >= 0.6 is 11.6 Å². The molecular weight excluding hydrogens is 284 g/mol. The highest BCUT2D eigenvalue weighted by Crippen LogP contribution is 2.34. The van der Waals surface area contributed by atoms with Gasteiger partial charge in [-0.15, -0.1) is 0 Å². The van der Waals surface area contributed by atoms with Gasteiger partial charge in [-0.25, -0.2) is 4.99 Å². The number of aliphatic imine (C=N–C) groups is 1. The van der Waals surface area contributed by atoms with Crippen LogP contribution in [0, 0.1) is 0 Å². The maximum absolute atomic E-state index is 6.37. The third-order valence-electron chi connectivity index (χ3n) is 3.70. The summed E-state index contributed by atoms with van der Waals surface area (Å²) >= 11 is 6.37. The monoisotopic (exact) mass is 296 g/mol. The van der Waals surface area contributed by atoms with Crippen LogP contribution in [0.3, 0.4) is 0 Å². The fraction of sp³-hybridized carbons (Fsp3) is 0.118. The number of halogens is 1. The molecule has 0 saturated heterocycles. The van der Waals surface area contributed by atoms with E-state index in [1.165, 1.54) is 0 Å². The summed E-state index contributed by atoms with van der Waals surface area (Å²) in [5.74, 6) is 1.64. The van der Waals surface area contributed by atoms with Gasteiger partial charge in [0.15, 0.2) is 6.23 Å². The van der Waals surface area contributed by atoms with Crippen LogP contribution in [0.1, 0.15) is 11.1 Å². The predicted octanol–water partition coefficient (Wildman–Crippen LogP) is 3.45. The van der Waals surface area contributed by atoms with Gasteiger partial charge in [0.2, 0.25) is 0 Å². The lowest BCUT2D eigenvalue weighted by Crippen LogP contribution is -2.45. The topological polar surface area (TPSA) is 33.6 Å². The fourth-order valence-corrected chi connectivity index (χ4v) is 2.88. The van der Waals surface area contributed by atoms with Crippen molar-refractivity contribution in [2.75, 3.05) is 0 Å². The largest absolute Gasteiger partial charge is 0.466 e. The highest BCUT2D eigenvalue weighted by molar-refractivity contribution is 6.31. The average Bonchev–Trinajstić information content (AvgIpc) is 2.54. The van der Waals surface area contributed by atoms with Crippen molar-refractivity contribution in [2.45, 2.75) is 12.6 Å². The number of rotatable bonds is 1. The van der Waals surface area contributed by atoms with Crippen LogP contribution < -0.4 is 10.1 Å². The summed E-state index contributed by atoms with van der Waals surface area (Å²) in [5.41, 5.74) is 3.12. The number of amidine groups is 1. The normalized spacial score (nSPS) is 19.9. The minimum Gasteiger partial charge on any atom is -0.466 e. The molecule has 1 N–H and O–H groups in total. The second-order valence-corrected chi connectivity index (χ2v) is 5.43. The van der Waals surface area contributed by atoms with Crippen molar-refractivity contribution in [1.82, 2.24) is 5.32 Å². The molecule has 0 aromatic heterocycles. The number of fused-ring (bicyclic) bond motifs is 2. The molecule has 0 amide bonds. The summed E-state index contributed by atoms with van der Waals surface area (Å²) in [4.78, 5) is 4.48. The predicted molar refractivity (Wildman–Crippen MR) is 83.6 cm³/mol. The molecule has 0 aliphatic carbocycles. The molecule has 2 aromatic rings. The molecule has 2 aromatic carbocycles. The lowest BCUT2D eigenvalue weighted by atomic mass is 9.99. The zero-order chi connectivity index (χ0) is 14.2. The maximum Gasteiger partial charge on any atom is 0.197 e. The van der Waals surface area contributed by atoms with E-state index in [9.17, 15) is 0 Å². The number of hydrogen-bond donors (Lipinski definition) is 1. The van der Waals surface area contributed by atoms with Gasteiger partial charge in [0, 0.05) is 17.6 Å². The Balaban J connectivity index is 1.73. The smallest absolute Gasteiger partial charge is 0.197 e. The second-order valence-electron chi connectivity index (χ2n) is 5.07. The van der Waals surface area contributed by atoms with Crippen LogP contribution in [-0.2, 0) is 6.42 Å². The van der Waals surface area contributed by atoms with E-state index in [2.05, 4.69) is 16.4 Å². The molecular formula is C17H13ClN2O. The maximum atomic E-state index is 6.37. The van der Waals surface area contributed by atoms with Gasteiger partial charge < -0.3 is 10.1 Å². The van der Waals surface area contributed by atoms with Crippen molar-refractivity contribution in [3.63, 3.8) is 0 Å². The van der Waals surface area contributed by atoms with Crippen LogP contribution in [-0.4, -0.2) is 12.1 Å². The second kappa shape index (κ2) is 4.93. The number of nitrogens with one attached hydrogen (secondary N) is 1. The Kier molecular flexibility index (Phi) is 2.93. The van der Waals surface area contributed by atoms with Crippen molar-refractivity contribution in [3.8, 4) is 5.75 Å².